The lowest BCUT2D eigenvalue weighted by molar-refractivity contribution is -0.170. The minimum atomic E-state index is -0.418. The van der Waals surface area contributed by atoms with Gasteiger partial charge < -0.3 is 5.11 Å². The van der Waals surface area contributed by atoms with E-state index >= 15 is 0 Å². The standard InChI is InChI=1S/C15H26O/c1-10-5-8-15-12(10)9-11(13(15,2)3)6-7-14(15,4)16/h10-12,16H,5-9H2,1-4H3/t10-,11+,12-,14-,15-/m0/s1. The van der Waals surface area contributed by atoms with E-state index in [1.807, 2.05) is 0 Å². The zero-order chi connectivity index (χ0) is 11.8. The number of hydrogen-bond acceptors (Lipinski definition) is 1. The first-order valence-corrected chi connectivity index (χ1v) is 7.05. The van der Waals surface area contributed by atoms with Gasteiger partial charge in [-0.15, -0.1) is 0 Å². The van der Waals surface area contributed by atoms with Gasteiger partial charge in [0.15, 0.2) is 0 Å². The molecule has 0 amide bonds. The predicted molar refractivity (Wildman–Crippen MR) is 66.1 cm³/mol. The third-order valence-electron chi connectivity index (χ3n) is 6.96. The monoisotopic (exact) mass is 222 g/mol. The van der Waals surface area contributed by atoms with Gasteiger partial charge in [0.05, 0.1) is 5.60 Å². The number of hydrogen-bond donors (Lipinski definition) is 1. The second kappa shape index (κ2) is 2.85. The van der Waals surface area contributed by atoms with Gasteiger partial charge in [0.2, 0.25) is 0 Å². The van der Waals surface area contributed by atoms with Crippen molar-refractivity contribution in [2.24, 2.45) is 28.6 Å². The maximum Gasteiger partial charge on any atom is 0.0683 e. The Morgan fingerprint density at radius 1 is 1.06 bits per heavy atom. The third-order valence-corrected chi connectivity index (χ3v) is 6.96. The molecule has 3 aliphatic carbocycles. The fraction of sp³-hybridized carbons (Fsp3) is 1.00. The summed E-state index contributed by atoms with van der Waals surface area (Å²) >= 11 is 0. The van der Waals surface area contributed by atoms with Gasteiger partial charge in [-0.3, -0.25) is 0 Å². The van der Waals surface area contributed by atoms with E-state index in [0.29, 0.717) is 5.41 Å². The Hall–Kier alpha value is -0.0400. The molecule has 0 radical (unpaired) electrons. The Balaban J connectivity index is 2.16. The molecule has 0 aromatic carbocycles. The fourth-order valence-corrected chi connectivity index (χ4v) is 6.05. The first-order valence-electron chi connectivity index (χ1n) is 7.05. The van der Waals surface area contributed by atoms with Crippen molar-refractivity contribution in [3.63, 3.8) is 0 Å². The summed E-state index contributed by atoms with van der Waals surface area (Å²) < 4.78 is 0. The molecule has 3 fully saturated rings. The van der Waals surface area contributed by atoms with E-state index in [0.717, 1.165) is 24.2 Å². The van der Waals surface area contributed by atoms with Crippen LogP contribution in [0.5, 0.6) is 0 Å². The van der Waals surface area contributed by atoms with Crippen molar-refractivity contribution in [1.82, 2.24) is 0 Å². The van der Waals surface area contributed by atoms with Gasteiger partial charge in [-0.25, -0.2) is 0 Å². The van der Waals surface area contributed by atoms with Crippen LogP contribution in [-0.4, -0.2) is 10.7 Å². The zero-order valence-corrected chi connectivity index (χ0v) is 11.2. The molecule has 0 unspecified atom stereocenters. The summed E-state index contributed by atoms with van der Waals surface area (Å²) in [6.45, 7) is 9.40. The molecule has 0 aromatic heterocycles. The van der Waals surface area contributed by atoms with Gasteiger partial charge in [0.25, 0.3) is 0 Å². The van der Waals surface area contributed by atoms with Crippen LogP contribution in [0.3, 0.4) is 0 Å². The predicted octanol–water partition coefficient (Wildman–Crippen LogP) is 3.61. The Bertz CT molecular complexity index is 317. The second-order valence-electron chi connectivity index (χ2n) is 7.56. The van der Waals surface area contributed by atoms with Crippen LogP contribution in [-0.2, 0) is 0 Å². The quantitative estimate of drug-likeness (QED) is 0.664. The van der Waals surface area contributed by atoms with E-state index in [4.69, 9.17) is 0 Å². The lowest BCUT2D eigenvalue weighted by atomic mass is 9.50. The average molecular weight is 222 g/mol. The van der Waals surface area contributed by atoms with Gasteiger partial charge in [-0.2, -0.15) is 0 Å². The molecular formula is C15H26O. The van der Waals surface area contributed by atoms with Crippen molar-refractivity contribution in [2.45, 2.75) is 65.4 Å². The van der Waals surface area contributed by atoms with Gasteiger partial charge in [-0.05, 0) is 62.2 Å². The minimum Gasteiger partial charge on any atom is -0.390 e. The second-order valence-corrected chi connectivity index (χ2v) is 7.56. The van der Waals surface area contributed by atoms with Crippen LogP contribution in [0.15, 0.2) is 0 Å². The molecule has 1 heteroatoms. The van der Waals surface area contributed by atoms with Crippen molar-refractivity contribution in [3.8, 4) is 0 Å². The zero-order valence-electron chi connectivity index (χ0n) is 11.2. The van der Waals surface area contributed by atoms with Crippen molar-refractivity contribution < 1.29 is 5.11 Å². The van der Waals surface area contributed by atoms with Crippen LogP contribution in [0.4, 0.5) is 0 Å². The molecule has 0 heterocycles. The first kappa shape index (κ1) is 11.1. The van der Waals surface area contributed by atoms with Gasteiger partial charge in [0, 0.05) is 5.41 Å². The number of aliphatic hydroxyl groups is 1. The van der Waals surface area contributed by atoms with E-state index in [9.17, 15) is 5.11 Å². The van der Waals surface area contributed by atoms with Gasteiger partial charge >= 0.3 is 0 Å². The van der Waals surface area contributed by atoms with E-state index in [2.05, 4.69) is 27.7 Å². The highest BCUT2D eigenvalue weighted by Crippen LogP contribution is 2.75. The summed E-state index contributed by atoms with van der Waals surface area (Å²) in [6, 6.07) is 0. The fourth-order valence-electron chi connectivity index (χ4n) is 6.05. The number of fused-ring (bicyclic) bond motifs is 1. The molecular weight excluding hydrogens is 196 g/mol. The van der Waals surface area contributed by atoms with E-state index in [-0.39, 0.29) is 5.41 Å². The molecule has 0 aliphatic heterocycles. The Morgan fingerprint density at radius 3 is 2.44 bits per heavy atom. The lowest BCUT2D eigenvalue weighted by Gasteiger charge is -2.57. The molecule has 1 spiro atoms. The highest BCUT2D eigenvalue weighted by atomic mass is 16.3. The summed E-state index contributed by atoms with van der Waals surface area (Å²) in [6.07, 6.45) is 6.24. The molecule has 3 saturated carbocycles. The molecule has 0 saturated heterocycles. The molecule has 2 bridgehead atoms. The smallest absolute Gasteiger partial charge is 0.0683 e. The van der Waals surface area contributed by atoms with Crippen LogP contribution < -0.4 is 0 Å². The van der Waals surface area contributed by atoms with Crippen molar-refractivity contribution in [3.05, 3.63) is 0 Å². The van der Waals surface area contributed by atoms with Crippen LogP contribution in [0.25, 0.3) is 0 Å². The van der Waals surface area contributed by atoms with Crippen molar-refractivity contribution in [1.29, 1.82) is 0 Å². The highest BCUT2D eigenvalue weighted by molar-refractivity contribution is 5.20. The number of rotatable bonds is 0. The van der Waals surface area contributed by atoms with Crippen LogP contribution in [0.2, 0.25) is 0 Å². The molecule has 16 heavy (non-hydrogen) atoms. The topological polar surface area (TPSA) is 20.2 Å². The molecule has 92 valence electrons. The lowest BCUT2D eigenvalue weighted by Crippen LogP contribution is -2.57. The molecule has 5 atom stereocenters. The van der Waals surface area contributed by atoms with Crippen molar-refractivity contribution in [2.75, 3.05) is 0 Å². The van der Waals surface area contributed by atoms with Gasteiger partial charge in [0.1, 0.15) is 0 Å². The van der Waals surface area contributed by atoms with E-state index in [1.165, 1.54) is 25.7 Å². The molecule has 1 N–H and O–H groups in total. The van der Waals surface area contributed by atoms with Crippen LogP contribution in [0.1, 0.15) is 59.8 Å². The minimum absolute atomic E-state index is 0.225. The van der Waals surface area contributed by atoms with Crippen LogP contribution >= 0.6 is 0 Å². The molecule has 0 aromatic rings. The maximum atomic E-state index is 11.0. The third kappa shape index (κ3) is 0.939. The molecule has 3 aliphatic rings. The Morgan fingerprint density at radius 2 is 1.75 bits per heavy atom. The average Bonchev–Trinajstić information content (AvgIpc) is 2.56. The Kier molecular flexibility index (Phi) is 1.98. The first-order chi connectivity index (χ1) is 7.33. The summed E-state index contributed by atoms with van der Waals surface area (Å²) in [7, 11) is 0. The summed E-state index contributed by atoms with van der Waals surface area (Å²) in [4.78, 5) is 0. The SMILES string of the molecule is C[C@H]1CC[C@@]23[C@H]1C[C@@H](CC[C@]2(C)O)C3(C)C. The summed E-state index contributed by atoms with van der Waals surface area (Å²) in [5.74, 6) is 2.47. The largest absolute Gasteiger partial charge is 0.390 e. The summed E-state index contributed by atoms with van der Waals surface area (Å²) in [5.41, 5.74) is 0.158. The Labute approximate surface area is 99.6 Å². The van der Waals surface area contributed by atoms with Gasteiger partial charge in [-0.1, -0.05) is 20.8 Å². The van der Waals surface area contributed by atoms with Crippen LogP contribution in [0, 0.1) is 28.6 Å². The normalized spacial score (nSPS) is 58.7. The maximum absolute atomic E-state index is 11.0. The van der Waals surface area contributed by atoms with E-state index in [1.54, 1.807) is 0 Å². The van der Waals surface area contributed by atoms with E-state index < -0.39 is 5.60 Å². The molecule has 1 nitrogen and oxygen atoms in total. The molecule has 3 rings (SSSR count). The van der Waals surface area contributed by atoms with Crippen molar-refractivity contribution >= 4 is 0 Å². The summed E-state index contributed by atoms with van der Waals surface area (Å²) in [5, 5.41) is 11.0. The highest BCUT2D eigenvalue weighted by Gasteiger charge is 2.71.